The molecule has 1 aliphatic heterocycles. The fraction of sp³-hybridized carbons (Fsp3) is 0.435. The van der Waals surface area contributed by atoms with E-state index in [2.05, 4.69) is 39.9 Å². The van der Waals surface area contributed by atoms with Crippen molar-refractivity contribution in [3.63, 3.8) is 0 Å². The number of rotatable bonds is 4. The van der Waals surface area contributed by atoms with Gasteiger partial charge in [0, 0.05) is 7.11 Å². The van der Waals surface area contributed by atoms with Crippen LogP contribution in [0, 0.1) is 0 Å². The topological polar surface area (TPSA) is 54.0 Å². The van der Waals surface area contributed by atoms with Crippen molar-refractivity contribution in [3.05, 3.63) is 58.1 Å². The molecule has 1 aliphatic rings. The van der Waals surface area contributed by atoms with Crippen molar-refractivity contribution in [2.24, 2.45) is 0 Å². The highest BCUT2D eigenvalue weighted by molar-refractivity contribution is 6.49. The molecule has 0 fully saturated rings. The third-order valence-electron chi connectivity index (χ3n) is 5.05. The van der Waals surface area contributed by atoms with Gasteiger partial charge in [-0.15, -0.1) is 0 Å². The van der Waals surface area contributed by atoms with Crippen molar-refractivity contribution in [2.75, 3.05) is 14.2 Å². The first-order chi connectivity index (χ1) is 13.7. The summed E-state index contributed by atoms with van der Waals surface area (Å²) in [5.74, 6) is 1.26. The molecule has 2 aromatic carbocycles. The first kappa shape index (κ1) is 21.4. The highest BCUT2D eigenvalue weighted by atomic mass is 28.3. The Morgan fingerprint density at radius 3 is 2.45 bits per heavy atom. The van der Waals surface area contributed by atoms with Crippen LogP contribution in [0.25, 0.3) is 0 Å². The van der Waals surface area contributed by atoms with E-state index < -0.39 is 9.04 Å². The lowest BCUT2D eigenvalue weighted by molar-refractivity contribution is 0.0600. The quantitative estimate of drug-likeness (QED) is 0.533. The molecule has 1 heterocycles. The van der Waals surface area contributed by atoms with E-state index in [-0.39, 0.29) is 17.5 Å². The Morgan fingerprint density at radius 1 is 1.14 bits per heavy atom. The molecule has 1 unspecified atom stereocenters. The van der Waals surface area contributed by atoms with Crippen molar-refractivity contribution < 1.29 is 23.4 Å². The van der Waals surface area contributed by atoms with E-state index in [0.717, 1.165) is 33.8 Å². The number of carbonyl (C=O) groups excluding carboxylic acids is 1. The molecule has 3 rings (SSSR count). The first-order valence-corrected chi connectivity index (χ1v) is 12.7. The average molecular weight is 415 g/mol. The monoisotopic (exact) mass is 414 g/mol. The summed E-state index contributed by atoms with van der Waals surface area (Å²) in [7, 11) is 1.69. The van der Waals surface area contributed by atoms with Gasteiger partial charge in [-0.2, -0.15) is 0 Å². The standard InChI is InChI=1S/C23H30O5Si/c1-23(2,3)17-10-11-18-19(21(17)28-29(6)7)20(25-4)16-9-8-14(22(24)26-5)12-15(16)13-27-18/h8-12,20,29H,13H2,1-7H3. The predicted molar refractivity (Wildman–Crippen MR) is 116 cm³/mol. The summed E-state index contributed by atoms with van der Waals surface area (Å²) < 4.78 is 23.5. The summed E-state index contributed by atoms with van der Waals surface area (Å²) in [5, 5.41) is 0. The number of carbonyl (C=O) groups is 1. The van der Waals surface area contributed by atoms with Gasteiger partial charge in [0.25, 0.3) is 0 Å². The van der Waals surface area contributed by atoms with Gasteiger partial charge in [-0.25, -0.2) is 4.79 Å². The van der Waals surface area contributed by atoms with Gasteiger partial charge in [-0.05, 0) is 53.4 Å². The zero-order chi connectivity index (χ0) is 21.3. The molecule has 6 heteroatoms. The molecule has 0 radical (unpaired) electrons. The van der Waals surface area contributed by atoms with E-state index in [4.69, 9.17) is 18.6 Å². The van der Waals surface area contributed by atoms with E-state index >= 15 is 0 Å². The van der Waals surface area contributed by atoms with E-state index in [9.17, 15) is 4.79 Å². The maximum absolute atomic E-state index is 12.0. The molecule has 1 atom stereocenters. The second-order valence-electron chi connectivity index (χ2n) is 8.58. The maximum Gasteiger partial charge on any atom is 0.337 e. The smallest absolute Gasteiger partial charge is 0.337 e. The van der Waals surface area contributed by atoms with E-state index in [1.807, 2.05) is 18.2 Å². The minimum Gasteiger partial charge on any atom is -0.546 e. The van der Waals surface area contributed by atoms with E-state index in [1.165, 1.54) is 7.11 Å². The second kappa shape index (κ2) is 8.20. The lowest BCUT2D eigenvalue weighted by atomic mass is 9.83. The number of fused-ring (bicyclic) bond motifs is 2. The van der Waals surface area contributed by atoms with Crippen LogP contribution in [0.4, 0.5) is 0 Å². The summed E-state index contributed by atoms with van der Waals surface area (Å²) >= 11 is 0. The van der Waals surface area contributed by atoms with Crippen LogP contribution in [-0.2, 0) is 21.5 Å². The summed E-state index contributed by atoms with van der Waals surface area (Å²) in [6.45, 7) is 11.2. The molecular formula is C23H30O5Si. The minimum absolute atomic E-state index is 0.0875. The van der Waals surface area contributed by atoms with Crippen molar-refractivity contribution in [3.8, 4) is 11.5 Å². The summed E-state index contributed by atoms with van der Waals surface area (Å²) in [5.41, 5.74) is 4.34. The minimum atomic E-state index is -1.38. The van der Waals surface area contributed by atoms with Crippen LogP contribution >= 0.6 is 0 Å². The lowest BCUT2D eigenvalue weighted by Gasteiger charge is -2.29. The molecule has 0 saturated carbocycles. The van der Waals surface area contributed by atoms with Crippen LogP contribution in [-0.4, -0.2) is 29.2 Å². The van der Waals surface area contributed by atoms with Gasteiger partial charge in [-0.3, -0.25) is 0 Å². The number of hydrogen-bond donors (Lipinski definition) is 0. The number of ether oxygens (including phenoxy) is 3. The van der Waals surface area contributed by atoms with Crippen LogP contribution in [0.3, 0.4) is 0 Å². The molecule has 0 bridgehead atoms. The second-order valence-corrected chi connectivity index (χ2v) is 10.9. The number of methoxy groups -OCH3 is 2. The maximum atomic E-state index is 12.0. The fourth-order valence-electron chi connectivity index (χ4n) is 3.70. The zero-order valence-electron chi connectivity index (χ0n) is 18.3. The van der Waals surface area contributed by atoms with Crippen LogP contribution < -0.4 is 9.16 Å². The van der Waals surface area contributed by atoms with Gasteiger partial charge < -0.3 is 18.6 Å². The summed E-state index contributed by atoms with van der Waals surface area (Å²) in [4.78, 5) is 12.0. The highest BCUT2D eigenvalue weighted by Gasteiger charge is 2.33. The molecule has 0 aliphatic carbocycles. The van der Waals surface area contributed by atoms with Crippen LogP contribution in [0.15, 0.2) is 30.3 Å². The van der Waals surface area contributed by atoms with E-state index in [0.29, 0.717) is 12.2 Å². The zero-order valence-corrected chi connectivity index (χ0v) is 19.4. The first-order valence-electron chi connectivity index (χ1n) is 9.88. The van der Waals surface area contributed by atoms with Crippen molar-refractivity contribution in [2.45, 2.75) is 52.0 Å². The summed E-state index contributed by atoms with van der Waals surface area (Å²) in [6, 6.07) is 9.61. The van der Waals surface area contributed by atoms with Gasteiger partial charge in [0.05, 0.1) is 18.2 Å². The Hall–Kier alpha value is -2.31. The number of benzene rings is 2. The lowest BCUT2D eigenvalue weighted by Crippen LogP contribution is -2.21. The SMILES string of the molecule is COC(=O)c1ccc2c(c1)COc1ccc(C(C)(C)C)c(O[SiH](C)C)c1C2OC. The Kier molecular flexibility index (Phi) is 6.05. The Labute approximate surface area is 174 Å². The third-order valence-corrected chi connectivity index (χ3v) is 5.75. The van der Waals surface area contributed by atoms with Gasteiger partial charge in [0.15, 0.2) is 0 Å². The molecular weight excluding hydrogens is 384 g/mol. The molecule has 0 saturated heterocycles. The van der Waals surface area contributed by atoms with Gasteiger partial charge in [-0.1, -0.05) is 32.9 Å². The fourth-order valence-corrected chi connectivity index (χ4v) is 4.42. The van der Waals surface area contributed by atoms with Crippen LogP contribution in [0.2, 0.25) is 13.1 Å². The number of hydrogen-bond acceptors (Lipinski definition) is 5. The number of esters is 1. The molecule has 2 aromatic rings. The molecule has 0 aromatic heterocycles. The normalized spacial score (nSPS) is 15.8. The molecule has 29 heavy (non-hydrogen) atoms. The van der Waals surface area contributed by atoms with Crippen molar-refractivity contribution >= 4 is 15.0 Å². The van der Waals surface area contributed by atoms with Crippen molar-refractivity contribution in [1.29, 1.82) is 0 Å². The van der Waals surface area contributed by atoms with Gasteiger partial charge >= 0.3 is 5.97 Å². The largest absolute Gasteiger partial charge is 0.546 e. The van der Waals surface area contributed by atoms with E-state index in [1.54, 1.807) is 13.2 Å². The molecule has 0 spiro atoms. The van der Waals surface area contributed by atoms with Crippen molar-refractivity contribution in [1.82, 2.24) is 0 Å². The predicted octanol–water partition coefficient (Wildman–Crippen LogP) is 4.76. The van der Waals surface area contributed by atoms with Crippen LogP contribution in [0.5, 0.6) is 11.5 Å². The Bertz CT molecular complexity index is 914. The van der Waals surface area contributed by atoms with Crippen LogP contribution in [0.1, 0.15) is 59.5 Å². The molecule has 0 amide bonds. The Morgan fingerprint density at radius 2 is 1.86 bits per heavy atom. The molecule has 156 valence electrons. The highest BCUT2D eigenvalue weighted by Crippen LogP contribution is 2.47. The third kappa shape index (κ3) is 4.18. The van der Waals surface area contributed by atoms with Gasteiger partial charge in [0.2, 0.25) is 9.04 Å². The summed E-state index contributed by atoms with van der Waals surface area (Å²) in [6.07, 6.45) is -0.348. The average Bonchev–Trinajstić information content (AvgIpc) is 2.82. The molecule has 5 nitrogen and oxygen atoms in total. The Balaban J connectivity index is 2.23. The molecule has 0 N–H and O–H groups in total. The van der Waals surface area contributed by atoms with Gasteiger partial charge in [0.1, 0.15) is 24.2 Å².